The summed E-state index contributed by atoms with van der Waals surface area (Å²) < 4.78 is 11.8. The molecule has 0 spiro atoms. The van der Waals surface area contributed by atoms with E-state index in [1.807, 2.05) is 13.8 Å². The zero-order valence-corrected chi connectivity index (χ0v) is 11.9. The van der Waals surface area contributed by atoms with Gasteiger partial charge in [-0.2, -0.15) is 0 Å². The smallest absolute Gasteiger partial charge is 0.133 e. The molecule has 1 aliphatic carbocycles. The van der Waals surface area contributed by atoms with Crippen LogP contribution >= 0.6 is 7.92 Å². The van der Waals surface area contributed by atoms with E-state index in [1.165, 1.54) is 25.7 Å². The number of furan rings is 2. The van der Waals surface area contributed by atoms with Crippen LogP contribution in [0.1, 0.15) is 37.2 Å². The lowest BCUT2D eigenvalue weighted by molar-refractivity contribution is 0.556. The van der Waals surface area contributed by atoms with Gasteiger partial charge in [0.25, 0.3) is 0 Å². The number of hydrogen-bond acceptors (Lipinski definition) is 2. The molecule has 1 aliphatic rings. The fourth-order valence-corrected chi connectivity index (χ4v) is 5.51. The average molecular weight is 262 g/mol. The Morgan fingerprint density at radius 3 is 1.78 bits per heavy atom. The van der Waals surface area contributed by atoms with Gasteiger partial charge in [0.15, 0.2) is 0 Å². The van der Waals surface area contributed by atoms with E-state index in [0.717, 1.165) is 28.2 Å². The Labute approximate surface area is 109 Å². The van der Waals surface area contributed by atoms with Crippen LogP contribution in [-0.4, -0.2) is 5.66 Å². The van der Waals surface area contributed by atoms with Crippen molar-refractivity contribution in [1.82, 2.24) is 0 Å². The van der Waals surface area contributed by atoms with E-state index in [4.69, 9.17) is 8.83 Å². The van der Waals surface area contributed by atoms with E-state index in [9.17, 15) is 0 Å². The monoisotopic (exact) mass is 262 g/mol. The third-order valence-electron chi connectivity index (χ3n) is 3.62. The highest BCUT2D eigenvalue weighted by molar-refractivity contribution is 7.72. The summed E-state index contributed by atoms with van der Waals surface area (Å²) in [4.78, 5) is 0. The standard InChI is InChI=1S/C15H19O2P/c1-11-7-9-14(16-11)18(13-5-3-4-6-13)15-10-8-12(2)17-15/h7-10,13H,3-6H2,1-2H3. The zero-order valence-electron chi connectivity index (χ0n) is 11.0. The van der Waals surface area contributed by atoms with E-state index in [1.54, 1.807) is 0 Å². The molecule has 0 unspecified atom stereocenters. The topological polar surface area (TPSA) is 26.3 Å². The van der Waals surface area contributed by atoms with Gasteiger partial charge in [-0.3, -0.25) is 0 Å². The maximum Gasteiger partial charge on any atom is 0.133 e. The van der Waals surface area contributed by atoms with Gasteiger partial charge < -0.3 is 8.83 Å². The summed E-state index contributed by atoms with van der Waals surface area (Å²) in [6.45, 7) is 4.03. The molecule has 0 atom stereocenters. The molecule has 0 aromatic carbocycles. The predicted molar refractivity (Wildman–Crippen MR) is 75.3 cm³/mol. The maximum atomic E-state index is 5.89. The molecule has 1 fully saturated rings. The van der Waals surface area contributed by atoms with E-state index in [0.29, 0.717) is 0 Å². The van der Waals surface area contributed by atoms with Gasteiger partial charge in [-0.05, 0) is 56.6 Å². The molecule has 96 valence electrons. The summed E-state index contributed by atoms with van der Waals surface area (Å²) >= 11 is 0. The Hall–Kier alpha value is -1.01. The molecular formula is C15H19O2P. The van der Waals surface area contributed by atoms with Crippen LogP contribution in [0.15, 0.2) is 33.1 Å². The summed E-state index contributed by atoms with van der Waals surface area (Å²) in [7, 11) is -0.444. The van der Waals surface area contributed by atoms with Crippen LogP contribution in [-0.2, 0) is 0 Å². The van der Waals surface area contributed by atoms with Crippen molar-refractivity contribution in [1.29, 1.82) is 0 Å². The first kappa shape index (κ1) is 12.0. The molecule has 2 aromatic rings. The SMILES string of the molecule is Cc1ccc(P(c2ccc(C)o2)C2CCCC2)o1. The summed E-state index contributed by atoms with van der Waals surface area (Å²) in [5.41, 5.74) is 2.99. The number of hydrogen-bond donors (Lipinski definition) is 0. The predicted octanol–water partition coefficient (Wildman–Crippen LogP) is 3.86. The second-order valence-electron chi connectivity index (χ2n) is 5.08. The van der Waals surface area contributed by atoms with Crippen LogP contribution in [0.5, 0.6) is 0 Å². The Morgan fingerprint density at radius 2 is 1.39 bits per heavy atom. The molecule has 0 bridgehead atoms. The lowest BCUT2D eigenvalue weighted by Crippen LogP contribution is -2.17. The van der Waals surface area contributed by atoms with Crippen molar-refractivity contribution in [2.45, 2.75) is 45.2 Å². The molecule has 0 radical (unpaired) electrons. The van der Waals surface area contributed by atoms with Crippen molar-refractivity contribution in [3.05, 3.63) is 35.8 Å². The van der Waals surface area contributed by atoms with Crippen LogP contribution in [0.3, 0.4) is 0 Å². The summed E-state index contributed by atoms with van der Waals surface area (Å²) in [6, 6.07) is 8.40. The van der Waals surface area contributed by atoms with Crippen LogP contribution in [0, 0.1) is 13.8 Å². The Morgan fingerprint density at radius 1 is 0.889 bits per heavy atom. The molecule has 0 N–H and O–H groups in total. The van der Waals surface area contributed by atoms with E-state index in [-0.39, 0.29) is 0 Å². The molecule has 2 nitrogen and oxygen atoms in total. The quantitative estimate of drug-likeness (QED) is 0.785. The van der Waals surface area contributed by atoms with Gasteiger partial charge in [-0.25, -0.2) is 0 Å². The highest BCUT2D eigenvalue weighted by Gasteiger charge is 2.31. The van der Waals surface area contributed by atoms with Crippen molar-refractivity contribution >= 4 is 18.9 Å². The normalized spacial score (nSPS) is 16.8. The molecule has 3 heteroatoms. The van der Waals surface area contributed by atoms with Gasteiger partial charge in [0, 0.05) is 7.92 Å². The Bertz CT molecular complexity index is 480. The minimum atomic E-state index is -0.444. The fraction of sp³-hybridized carbons (Fsp3) is 0.467. The van der Waals surface area contributed by atoms with Gasteiger partial charge in [0.1, 0.15) is 22.5 Å². The van der Waals surface area contributed by atoms with Gasteiger partial charge in [0.2, 0.25) is 0 Å². The zero-order chi connectivity index (χ0) is 12.5. The highest BCUT2D eigenvalue weighted by Crippen LogP contribution is 2.47. The Balaban J connectivity index is 1.97. The molecule has 3 rings (SSSR count). The van der Waals surface area contributed by atoms with Crippen molar-refractivity contribution in [2.75, 3.05) is 0 Å². The van der Waals surface area contributed by atoms with Crippen molar-refractivity contribution in [2.24, 2.45) is 0 Å². The van der Waals surface area contributed by atoms with Crippen LogP contribution < -0.4 is 11.0 Å². The van der Waals surface area contributed by atoms with Crippen LogP contribution in [0.4, 0.5) is 0 Å². The summed E-state index contributed by atoms with van der Waals surface area (Å²) in [5, 5.41) is 0. The fourth-order valence-electron chi connectivity index (χ4n) is 2.73. The second-order valence-corrected chi connectivity index (χ2v) is 7.43. The minimum Gasteiger partial charge on any atom is -0.461 e. The number of aryl methyl sites for hydroxylation is 2. The first-order valence-electron chi connectivity index (χ1n) is 6.66. The van der Waals surface area contributed by atoms with E-state index >= 15 is 0 Å². The number of rotatable bonds is 3. The van der Waals surface area contributed by atoms with Crippen LogP contribution in [0.2, 0.25) is 0 Å². The third-order valence-corrected chi connectivity index (χ3v) is 6.29. The molecule has 1 saturated carbocycles. The minimum absolute atomic E-state index is 0.444. The molecule has 0 saturated heterocycles. The lowest BCUT2D eigenvalue weighted by atomic mass is 10.4. The van der Waals surface area contributed by atoms with E-state index in [2.05, 4.69) is 24.3 Å². The third kappa shape index (κ3) is 2.27. The van der Waals surface area contributed by atoms with Crippen molar-refractivity contribution in [3.8, 4) is 0 Å². The van der Waals surface area contributed by atoms with Crippen molar-refractivity contribution in [3.63, 3.8) is 0 Å². The lowest BCUT2D eigenvalue weighted by Gasteiger charge is -2.19. The van der Waals surface area contributed by atoms with Gasteiger partial charge >= 0.3 is 0 Å². The molecule has 18 heavy (non-hydrogen) atoms. The van der Waals surface area contributed by atoms with Gasteiger partial charge in [0.05, 0.1) is 0 Å². The second kappa shape index (κ2) is 4.93. The summed E-state index contributed by atoms with van der Waals surface area (Å²) in [6.07, 6.45) is 5.32. The largest absolute Gasteiger partial charge is 0.461 e. The Kier molecular flexibility index (Phi) is 3.30. The molecule has 0 aliphatic heterocycles. The van der Waals surface area contributed by atoms with Gasteiger partial charge in [-0.1, -0.05) is 12.8 Å². The first-order chi connectivity index (χ1) is 8.74. The molecule has 2 heterocycles. The molecular weight excluding hydrogens is 243 g/mol. The van der Waals surface area contributed by atoms with E-state index < -0.39 is 7.92 Å². The summed E-state index contributed by atoms with van der Waals surface area (Å²) in [5.74, 6) is 2.00. The molecule has 0 amide bonds. The van der Waals surface area contributed by atoms with Crippen LogP contribution in [0.25, 0.3) is 0 Å². The first-order valence-corrected chi connectivity index (χ1v) is 8.07. The van der Waals surface area contributed by atoms with Gasteiger partial charge in [-0.15, -0.1) is 0 Å². The maximum absolute atomic E-state index is 5.89. The average Bonchev–Trinajstić information content (AvgIpc) is 3.04. The highest BCUT2D eigenvalue weighted by atomic mass is 31.1. The molecule has 2 aromatic heterocycles. The van der Waals surface area contributed by atoms with Crippen molar-refractivity contribution < 1.29 is 8.83 Å².